The zero-order valence-corrected chi connectivity index (χ0v) is 12.3. The maximum absolute atomic E-state index is 12.2. The van der Waals surface area contributed by atoms with E-state index in [4.69, 9.17) is 0 Å². The molecule has 0 bridgehead atoms. The van der Waals surface area contributed by atoms with E-state index in [1.54, 1.807) is 0 Å². The molecule has 1 amide bonds. The first-order valence-corrected chi connectivity index (χ1v) is 7.27. The van der Waals surface area contributed by atoms with E-state index in [0.717, 1.165) is 24.2 Å². The fourth-order valence-corrected chi connectivity index (χ4v) is 2.17. The minimum absolute atomic E-state index is 0.0138. The van der Waals surface area contributed by atoms with Gasteiger partial charge < -0.3 is 10.6 Å². The fraction of sp³-hybridized carbons (Fsp3) is 0.562. The Kier molecular flexibility index (Phi) is 7.01. The van der Waals surface area contributed by atoms with E-state index in [0.29, 0.717) is 5.92 Å². The second-order valence-electron chi connectivity index (χ2n) is 4.92. The molecule has 0 aliphatic heterocycles. The minimum atomic E-state index is 0.0138. The third-order valence-electron chi connectivity index (χ3n) is 3.54. The van der Waals surface area contributed by atoms with Crippen molar-refractivity contribution in [3.05, 3.63) is 29.8 Å². The number of unbranched alkanes of at least 4 members (excludes halogenated alkanes) is 1. The summed E-state index contributed by atoms with van der Waals surface area (Å²) in [5, 5.41) is 6.11. The summed E-state index contributed by atoms with van der Waals surface area (Å²) < 4.78 is 0. The van der Waals surface area contributed by atoms with Crippen LogP contribution < -0.4 is 10.6 Å². The first-order chi connectivity index (χ1) is 9.22. The number of rotatable bonds is 8. The lowest BCUT2D eigenvalue weighted by atomic mass is 9.99. The molecule has 0 aromatic heterocycles. The van der Waals surface area contributed by atoms with Crippen LogP contribution in [-0.4, -0.2) is 19.5 Å². The van der Waals surface area contributed by atoms with Gasteiger partial charge in [-0.05, 0) is 24.5 Å². The van der Waals surface area contributed by atoms with Gasteiger partial charge in [-0.3, -0.25) is 4.79 Å². The predicted octanol–water partition coefficient (Wildman–Crippen LogP) is 3.67. The lowest BCUT2D eigenvalue weighted by Crippen LogP contribution is -2.29. The third kappa shape index (κ3) is 4.93. The molecule has 1 unspecified atom stereocenters. The average molecular weight is 262 g/mol. The van der Waals surface area contributed by atoms with Crippen molar-refractivity contribution < 1.29 is 4.79 Å². The van der Waals surface area contributed by atoms with Crippen LogP contribution in [0.2, 0.25) is 0 Å². The summed E-state index contributed by atoms with van der Waals surface area (Å²) in [5.41, 5.74) is 1.59. The molecule has 1 aromatic rings. The molecule has 0 saturated carbocycles. The summed E-state index contributed by atoms with van der Waals surface area (Å²) in [6, 6.07) is 7.60. The van der Waals surface area contributed by atoms with Crippen LogP contribution in [0.3, 0.4) is 0 Å². The Balaban J connectivity index is 2.54. The molecule has 2 N–H and O–H groups in total. The summed E-state index contributed by atoms with van der Waals surface area (Å²) >= 11 is 0. The molecule has 0 fully saturated rings. The Morgan fingerprint density at radius 3 is 2.63 bits per heavy atom. The molecule has 0 saturated heterocycles. The summed E-state index contributed by atoms with van der Waals surface area (Å²) in [6.45, 7) is 5.16. The number of nitrogens with one attached hydrogen (secondary N) is 2. The highest BCUT2D eigenvalue weighted by Crippen LogP contribution is 2.15. The van der Waals surface area contributed by atoms with Gasteiger partial charge in [0, 0.05) is 19.3 Å². The van der Waals surface area contributed by atoms with E-state index < -0.39 is 0 Å². The maximum atomic E-state index is 12.2. The van der Waals surface area contributed by atoms with E-state index in [-0.39, 0.29) is 5.91 Å². The summed E-state index contributed by atoms with van der Waals surface area (Å²) in [5.74, 6) is 0.602. The quantitative estimate of drug-likeness (QED) is 0.750. The van der Waals surface area contributed by atoms with Gasteiger partial charge in [-0.1, -0.05) is 45.2 Å². The van der Waals surface area contributed by atoms with Crippen LogP contribution in [0.15, 0.2) is 24.3 Å². The molecule has 0 spiro atoms. The Morgan fingerprint density at radius 2 is 2.00 bits per heavy atom. The third-order valence-corrected chi connectivity index (χ3v) is 3.54. The highest BCUT2D eigenvalue weighted by Gasteiger charge is 2.12. The molecule has 0 radical (unpaired) electrons. The van der Waals surface area contributed by atoms with Crippen LogP contribution in [0.5, 0.6) is 0 Å². The van der Waals surface area contributed by atoms with E-state index in [2.05, 4.69) is 24.5 Å². The SMILES string of the molecule is CCCCC(CC)CNC(=O)c1ccccc1NC. The summed E-state index contributed by atoms with van der Waals surface area (Å²) in [4.78, 5) is 12.2. The Hall–Kier alpha value is -1.51. The number of amides is 1. The predicted molar refractivity (Wildman–Crippen MR) is 81.6 cm³/mol. The van der Waals surface area contributed by atoms with Gasteiger partial charge in [0.2, 0.25) is 0 Å². The van der Waals surface area contributed by atoms with Gasteiger partial charge in [0.1, 0.15) is 0 Å². The largest absolute Gasteiger partial charge is 0.387 e. The Labute approximate surface area is 116 Å². The van der Waals surface area contributed by atoms with Crippen molar-refractivity contribution in [1.29, 1.82) is 0 Å². The van der Waals surface area contributed by atoms with Crippen molar-refractivity contribution in [2.24, 2.45) is 5.92 Å². The number of para-hydroxylation sites is 1. The van der Waals surface area contributed by atoms with Gasteiger partial charge >= 0.3 is 0 Å². The number of hydrogen-bond donors (Lipinski definition) is 2. The molecule has 1 rings (SSSR count). The molecule has 0 heterocycles. The molecule has 3 nitrogen and oxygen atoms in total. The molecule has 19 heavy (non-hydrogen) atoms. The van der Waals surface area contributed by atoms with Crippen LogP contribution in [0.25, 0.3) is 0 Å². The van der Waals surface area contributed by atoms with Crippen molar-refractivity contribution in [2.75, 3.05) is 18.9 Å². The Morgan fingerprint density at radius 1 is 1.26 bits per heavy atom. The van der Waals surface area contributed by atoms with Gasteiger partial charge in [-0.25, -0.2) is 0 Å². The van der Waals surface area contributed by atoms with Gasteiger partial charge in [-0.15, -0.1) is 0 Å². The first-order valence-electron chi connectivity index (χ1n) is 7.27. The molecule has 3 heteroatoms. The lowest BCUT2D eigenvalue weighted by Gasteiger charge is -2.16. The highest BCUT2D eigenvalue weighted by atomic mass is 16.1. The fourth-order valence-electron chi connectivity index (χ4n) is 2.17. The van der Waals surface area contributed by atoms with Gasteiger partial charge in [0.05, 0.1) is 5.56 Å². The Bertz CT molecular complexity index is 390. The van der Waals surface area contributed by atoms with Crippen molar-refractivity contribution in [3.8, 4) is 0 Å². The number of carbonyl (C=O) groups is 1. The number of carbonyl (C=O) groups excluding carboxylic acids is 1. The molecule has 0 aliphatic rings. The van der Waals surface area contributed by atoms with Gasteiger partial charge in [0.15, 0.2) is 0 Å². The smallest absolute Gasteiger partial charge is 0.253 e. The highest BCUT2D eigenvalue weighted by molar-refractivity contribution is 5.99. The molecule has 1 aromatic carbocycles. The monoisotopic (exact) mass is 262 g/mol. The number of hydrogen-bond acceptors (Lipinski definition) is 2. The zero-order chi connectivity index (χ0) is 14.1. The van der Waals surface area contributed by atoms with Crippen LogP contribution in [0, 0.1) is 5.92 Å². The van der Waals surface area contributed by atoms with E-state index in [9.17, 15) is 4.79 Å². The van der Waals surface area contributed by atoms with Crippen molar-refractivity contribution in [2.45, 2.75) is 39.5 Å². The van der Waals surface area contributed by atoms with Crippen molar-refractivity contribution >= 4 is 11.6 Å². The minimum Gasteiger partial charge on any atom is -0.387 e. The standard InChI is InChI=1S/C16H26N2O/c1-4-6-9-13(5-2)12-18-16(19)14-10-7-8-11-15(14)17-3/h7-8,10-11,13,17H,4-6,9,12H2,1-3H3,(H,18,19). The van der Waals surface area contributed by atoms with Gasteiger partial charge in [0.25, 0.3) is 5.91 Å². The molecule has 106 valence electrons. The van der Waals surface area contributed by atoms with Gasteiger partial charge in [-0.2, -0.15) is 0 Å². The molecule has 0 aliphatic carbocycles. The van der Waals surface area contributed by atoms with E-state index in [1.807, 2.05) is 31.3 Å². The second-order valence-corrected chi connectivity index (χ2v) is 4.92. The molecule has 1 atom stereocenters. The van der Waals surface area contributed by atoms with Crippen molar-refractivity contribution in [3.63, 3.8) is 0 Å². The second kappa shape index (κ2) is 8.57. The topological polar surface area (TPSA) is 41.1 Å². The zero-order valence-electron chi connectivity index (χ0n) is 12.3. The normalized spacial score (nSPS) is 11.9. The summed E-state index contributed by atoms with van der Waals surface area (Å²) in [7, 11) is 1.84. The maximum Gasteiger partial charge on any atom is 0.253 e. The molecular weight excluding hydrogens is 236 g/mol. The first kappa shape index (κ1) is 15.5. The lowest BCUT2D eigenvalue weighted by molar-refractivity contribution is 0.0946. The van der Waals surface area contributed by atoms with Crippen molar-refractivity contribution in [1.82, 2.24) is 5.32 Å². The van der Waals surface area contributed by atoms with E-state index >= 15 is 0 Å². The van der Waals surface area contributed by atoms with Crippen LogP contribution in [0.1, 0.15) is 49.9 Å². The number of anilines is 1. The van der Waals surface area contributed by atoms with Crippen LogP contribution >= 0.6 is 0 Å². The number of benzene rings is 1. The summed E-state index contributed by atoms with van der Waals surface area (Å²) in [6.07, 6.45) is 4.77. The van der Waals surface area contributed by atoms with E-state index in [1.165, 1.54) is 19.3 Å². The molecular formula is C16H26N2O. The van der Waals surface area contributed by atoms with Crippen LogP contribution in [0.4, 0.5) is 5.69 Å². The average Bonchev–Trinajstić information content (AvgIpc) is 2.47. The van der Waals surface area contributed by atoms with Crippen LogP contribution in [-0.2, 0) is 0 Å².